The van der Waals surface area contributed by atoms with Gasteiger partial charge in [-0.25, -0.2) is 0 Å². The molecule has 19 heavy (non-hydrogen) atoms. The molecule has 102 valence electrons. The largest absolute Gasteiger partial charge is 0.493 e. The molecule has 2 aromatic rings. The Morgan fingerprint density at radius 2 is 1.74 bits per heavy atom. The molecule has 2 rings (SSSR count). The lowest BCUT2D eigenvalue weighted by atomic mass is 10.1. The SMILES string of the molecule is COc1cc(C)c(NCc2sccc2C)cc1OC. The van der Waals surface area contributed by atoms with E-state index >= 15 is 0 Å². The third kappa shape index (κ3) is 3.01. The van der Waals surface area contributed by atoms with Crippen LogP contribution >= 0.6 is 11.3 Å². The second-order valence-corrected chi connectivity index (χ2v) is 5.40. The average Bonchev–Trinajstić information content (AvgIpc) is 2.82. The number of hydrogen-bond acceptors (Lipinski definition) is 4. The number of ether oxygens (including phenoxy) is 2. The highest BCUT2D eigenvalue weighted by atomic mass is 32.1. The van der Waals surface area contributed by atoms with E-state index in [2.05, 4.69) is 30.6 Å². The number of aryl methyl sites for hydroxylation is 2. The molecule has 1 aromatic carbocycles. The summed E-state index contributed by atoms with van der Waals surface area (Å²) in [7, 11) is 3.31. The average molecular weight is 277 g/mol. The van der Waals surface area contributed by atoms with Crippen LogP contribution in [0.15, 0.2) is 23.6 Å². The summed E-state index contributed by atoms with van der Waals surface area (Å²) in [6.45, 7) is 5.03. The highest BCUT2D eigenvalue weighted by molar-refractivity contribution is 7.10. The Labute approximate surface area is 118 Å². The van der Waals surface area contributed by atoms with E-state index < -0.39 is 0 Å². The van der Waals surface area contributed by atoms with Gasteiger partial charge in [-0.1, -0.05) is 0 Å². The van der Waals surface area contributed by atoms with Crippen LogP contribution in [-0.2, 0) is 6.54 Å². The van der Waals surface area contributed by atoms with Crippen LogP contribution < -0.4 is 14.8 Å². The van der Waals surface area contributed by atoms with E-state index in [1.54, 1.807) is 25.6 Å². The molecule has 0 unspecified atom stereocenters. The molecule has 1 heterocycles. The zero-order valence-corrected chi connectivity index (χ0v) is 12.6. The summed E-state index contributed by atoms with van der Waals surface area (Å²) in [5, 5.41) is 5.58. The molecular weight excluding hydrogens is 258 g/mol. The molecule has 0 atom stereocenters. The Bertz CT molecular complexity index is 563. The highest BCUT2D eigenvalue weighted by Gasteiger charge is 2.09. The van der Waals surface area contributed by atoms with E-state index in [-0.39, 0.29) is 0 Å². The summed E-state index contributed by atoms with van der Waals surface area (Å²) in [6.07, 6.45) is 0. The quantitative estimate of drug-likeness (QED) is 0.896. The van der Waals surface area contributed by atoms with Gasteiger partial charge in [-0.15, -0.1) is 11.3 Å². The summed E-state index contributed by atoms with van der Waals surface area (Å²) >= 11 is 1.77. The molecular formula is C15H19NO2S. The Morgan fingerprint density at radius 3 is 2.32 bits per heavy atom. The van der Waals surface area contributed by atoms with Gasteiger partial charge in [0.25, 0.3) is 0 Å². The summed E-state index contributed by atoms with van der Waals surface area (Å²) in [5.41, 5.74) is 3.55. The zero-order valence-electron chi connectivity index (χ0n) is 11.7. The van der Waals surface area contributed by atoms with Crippen LogP contribution in [0.2, 0.25) is 0 Å². The molecule has 4 heteroatoms. The lowest BCUT2D eigenvalue weighted by molar-refractivity contribution is 0.355. The summed E-state index contributed by atoms with van der Waals surface area (Å²) in [5.74, 6) is 1.51. The van der Waals surface area contributed by atoms with Crippen molar-refractivity contribution in [3.8, 4) is 11.5 Å². The van der Waals surface area contributed by atoms with Crippen molar-refractivity contribution >= 4 is 17.0 Å². The van der Waals surface area contributed by atoms with Crippen molar-refractivity contribution in [3.05, 3.63) is 39.6 Å². The van der Waals surface area contributed by atoms with Crippen molar-refractivity contribution < 1.29 is 9.47 Å². The van der Waals surface area contributed by atoms with E-state index in [4.69, 9.17) is 9.47 Å². The minimum atomic E-state index is 0.749. The molecule has 0 aliphatic carbocycles. The fourth-order valence-corrected chi connectivity index (χ4v) is 2.78. The van der Waals surface area contributed by atoms with Gasteiger partial charge >= 0.3 is 0 Å². The zero-order chi connectivity index (χ0) is 13.8. The Morgan fingerprint density at radius 1 is 1.05 bits per heavy atom. The number of methoxy groups -OCH3 is 2. The molecule has 0 radical (unpaired) electrons. The minimum Gasteiger partial charge on any atom is -0.493 e. The van der Waals surface area contributed by atoms with Gasteiger partial charge in [-0.05, 0) is 42.5 Å². The standard InChI is InChI=1S/C15H19NO2S/c1-10-5-6-19-15(10)9-16-12-8-14(18-4)13(17-3)7-11(12)2/h5-8,16H,9H2,1-4H3. The first-order chi connectivity index (χ1) is 9.15. The second-order valence-electron chi connectivity index (χ2n) is 4.40. The van der Waals surface area contributed by atoms with Gasteiger partial charge in [0.05, 0.1) is 14.2 Å². The van der Waals surface area contributed by atoms with Crippen LogP contribution in [0.5, 0.6) is 11.5 Å². The summed E-state index contributed by atoms with van der Waals surface area (Å²) < 4.78 is 10.6. The van der Waals surface area contributed by atoms with Crippen molar-refractivity contribution in [2.75, 3.05) is 19.5 Å². The monoisotopic (exact) mass is 277 g/mol. The Hall–Kier alpha value is -1.68. The maximum Gasteiger partial charge on any atom is 0.162 e. The first-order valence-electron chi connectivity index (χ1n) is 6.15. The third-order valence-electron chi connectivity index (χ3n) is 3.14. The molecule has 1 aromatic heterocycles. The number of rotatable bonds is 5. The third-order valence-corrected chi connectivity index (χ3v) is 4.16. The summed E-state index contributed by atoms with van der Waals surface area (Å²) in [4.78, 5) is 1.36. The fourth-order valence-electron chi connectivity index (χ4n) is 1.93. The van der Waals surface area contributed by atoms with Crippen LogP contribution in [0.4, 0.5) is 5.69 Å². The predicted octanol–water partition coefficient (Wildman–Crippen LogP) is 3.99. The number of benzene rings is 1. The van der Waals surface area contributed by atoms with E-state index in [1.165, 1.54) is 10.4 Å². The fraction of sp³-hybridized carbons (Fsp3) is 0.333. The number of hydrogen-bond donors (Lipinski definition) is 1. The van der Waals surface area contributed by atoms with Gasteiger partial charge in [-0.3, -0.25) is 0 Å². The van der Waals surface area contributed by atoms with Crippen LogP contribution in [0, 0.1) is 13.8 Å². The van der Waals surface area contributed by atoms with Crippen molar-refractivity contribution in [1.29, 1.82) is 0 Å². The Balaban J connectivity index is 2.18. The van der Waals surface area contributed by atoms with E-state index in [9.17, 15) is 0 Å². The number of anilines is 1. The summed E-state index contributed by atoms with van der Waals surface area (Å²) in [6, 6.07) is 6.11. The molecule has 0 saturated carbocycles. The first-order valence-corrected chi connectivity index (χ1v) is 7.03. The van der Waals surface area contributed by atoms with Gasteiger partial charge in [0.2, 0.25) is 0 Å². The lowest BCUT2D eigenvalue weighted by Crippen LogP contribution is -2.02. The first kappa shape index (κ1) is 13.7. The Kier molecular flexibility index (Phi) is 4.32. The van der Waals surface area contributed by atoms with Gasteiger partial charge in [0, 0.05) is 23.2 Å². The van der Waals surface area contributed by atoms with Gasteiger partial charge < -0.3 is 14.8 Å². The smallest absolute Gasteiger partial charge is 0.162 e. The van der Waals surface area contributed by atoms with Crippen LogP contribution in [-0.4, -0.2) is 14.2 Å². The van der Waals surface area contributed by atoms with E-state index in [0.29, 0.717) is 0 Å². The molecule has 3 nitrogen and oxygen atoms in total. The second kappa shape index (κ2) is 5.97. The minimum absolute atomic E-state index is 0.749. The normalized spacial score (nSPS) is 10.3. The maximum atomic E-state index is 5.33. The van der Waals surface area contributed by atoms with E-state index in [1.807, 2.05) is 12.1 Å². The number of thiophene rings is 1. The van der Waals surface area contributed by atoms with Crippen LogP contribution in [0.1, 0.15) is 16.0 Å². The van der Waals surface area contributed by atoms with Crippen LogP contribution in [0.3, 0.4) is 0 Å². The molecule has 0 amide bonds. The molecule has 0 spiro atoms. The molecule has 0 saturated heterocycles. The maximum absolute atomic E-state index is 5.33. The molecule has 0 bridgehead atoms. The van der Waals surface area contributed by atoms with Gasteiger partial charge in [0.15, 0.2) is 11.5 Å². The topological polar surface area (TPSA) is 30.5 Å². The highest BCUT2D eigenvalue weighted by Crippen LogP contribution is 2.33. The molecule has 1 N–H and O–H groups in total. The van der Waals surface area contributed by atoms with Crippen molar-refractivity contribution in [3.63, 3.8) is 0 Å². The molecule has 0 fully saturated rings. The van der Waals surface area contributed by atoms with Crippen LogP contribution in [0.25, 0.3) is 0 Å². The van der Waals surface area contributed by atoms with Crippen molar-refractivity contribution in [2.24, 2.45) is 0 Å². The molecule has 0 aliphatic rings. The van der Waals surface area contributed by atoms with Crippen molar-refractivity contribution in [2.45, 2.75) is 20.4 Å². The lowest BCUT2D eigenvalue weighted by Gasteiger charge is -2.14. The van der Waals surface area contributed by atoms with Crippen molar-refractivity contribution in [1.82, 2.24) is 0 Å². The number of nitrogens with one attached hydrogen (secondary N) is 1. The van der Waals surface area contributed by atoms with E-state index in [0.717, 1.165) is 29.3 Å². The van der Waals surface area contributed by atoms with Gasteiger partial charge in [0.1, 0.15) is 0 Å². The predicted molar refractivity (Wildman–Crippen MR) is 80.7 cm³/mol. The molecule has 0 aliphatic heterocycles. The van der Waals surface area contributed by atoms with Gasteiger partial charge in [-0.2, -0.15) is 0 Å².